The number of aromatic hydroxyl groups is 1. The molecule has 4 heteroatoms. The van der Waals surface area contributed by atoms with E-state index >= 15 is 0 Å². The van der Waals surface area contributed by atoms with Crippen LogP contribution in [-0.4, -0.2) is 16.6 Å². The predicted molar refractivity (Wildman–Crippen MR) is 62.2 cm³/mol. The molecule has 1 aliphatic carbocycles. The number of phenols is 1. The second-order valence-corrected chi connectivity index (χ2v) is 5.17. The molecule has 0 heterocycles. The highest BCUT2D eigenvalue weighted by atomic mass is 19.3. The lowest BCUT2D eigenvalue weighted by Gasteiger charge is -2.26. The minimum absolute atomic E-state index is 0.0126. The summed E-state index contributed by atoms with van der Waals surface area (Å²) in [6.07, 6.45) is 1.87. The summed E-state index contributed by atoms with van der Waals surface area (Å²) in [5.41, 5.74) is 5.94. The normalized spacial score (nSPS) is 20.0. The largest absolute Gasteiger partial charge is 0.508 e. The molecule has 3 N–H and O–H groups in total. The number of phenolic OH excluding ortho intramolecular Hbond substituents is 1. The van der Waals surface area contributed by atoms with Gasteiger partial charge in [-0.05, 0) is 43.9 Å². The molecule has 0 radical (unpaired) electrons. The van der Waals surface area contributed by atoms with Crippen LogP contribution in [0.1, 0.15) is 37.7 Å². The van der Waals surface area contributed by atoms with Gasteiger partial charge in [0.25, 0.3) is 5.92 Å². The van der Waals surface area contributed by atoms with Gasteiger partial charge in [0.15, 0.2) is 0 Å². The van der Waals surface area contributed by atoms with Crippen LogP contribution in [0, 0.1) is 0 Å². The second kappa shape index (κ2) is 3.95. The first-order valence-corrected chi connectivity index (χ1v) is 5.76. The smallest absolute Gasteiger partial charge is 0.252 e. The van der Waals surface area contributed by atoms with Crippen molar-refractivity contribution in [3.8, 4) is 5.75 Å². The molecule has 0 spiro atoms. The standard InChI is InChI=1S/C13H17F2NO/c1-12(14,15)11(8-13(16)5-6-13)9-3-2-4-10(17)7-9/h2-4,7,11,17H,5-6,8,16H2,1H3. The predicted octanol–water partition coefficient (Wildman–Crippen LogP) is 3.01. The van der Waals surface area contributed by atoms with E-state index in [9.17, 15) is 13.9 Å². The lowest BCUT2D eigenvalue weighted by molar-refractivity contribution is -0.0137. The third-order valence-electron chi connectivity index (χ3n) is 3.39. The molecule has 1 aliphatic rings. The molecular formula is C13H17F2NO. The van der Waals surface area contributed by atoms with Crippen molar-refractivity contribution in [2.24, 2.45) is 5.73 Å². The molecule has 2 nitrogen and oxygen atoms in total. The minimum atomic E-state index is -2.83. The van der Waals surface area contributed by atoms with E-state index in [1.807, 2.05) is 0 Å². The summed E-state index contributed by atoms with van der Waals surface area (Å²) in [5, 5.41) is 9.37. The Bertz CT molecular complexity index is 410. The van der Waals surface area contributed by atoms with Crippen LogP contribution in [0.25, 0.3) is 0 Å². The summed E-state index contributed by atoms with van der Waals surface area (Å²) in [6.45, 7) is 0.910. The van der Waals surface area contributed by atoms with Gasteiger partial charge in [0.1, 0.15) is 5.75 Å². The summed E-state index contributed by atoms with van der Waals surface area (Å²) in [5.74, 6) is -3.75. The Hall–Kier alpha value is -1.16. The average Bonchev–Trinajstić information content (AvgIpc) is 2.92. The first-order valence-electron chi connectivity index (χ1n) is 5.76. The van der Waals surface area contributed by atoms with Crippen molar-refractivity contribution >= 4 is 0 Å². The van der Waals surface area contributed by atoms with Crippen LogP contribution in [0.5, 0.6) is 5.75 Å². The van der Waals surface area contributed by atoms with E-state index in [0.717, 1.165) is 19.8 Å². The molecule has 0 bridgehead atoms. The molecule has 0 aromatic heterocycles. The third kappa shape index (κ3) is 2.94. The fourth-order valence-corrected chi connectivity index (χ4v) is 2.10. The zero-order valence-corrected chi connectivity index (χ0v) is 9.79. The summed E-state index contributed by atoms with van der Waals surface area (Å²) in [4.78, 5) is 0. The number of halogens is 2. The quantitative estimate of drug-likeness (QED) is 0.851. The van der Waals surface area contributed by atoms with Gasteiger partial charge < -0.3 is 10.8 Å². The molecular weight excluding hydrogens is 224 g/mol. The Morgan fingerprint density at radius 1 is 1.47 bits per heavy atom. The minimum Gasteiger partial charge on any atom is -0.508 e. The van der Waals surface area contributed by atoms with E-state index in [4.69, 9.17) is 5.73 Å². The Balaban J connectivity index is 2.26. The summed E-state index contributed by atoms with van der Waals surface area (Å²) < 4.78 is 27.3. The van der Waals surface area contributed by atoms with E-state index in [0.29, 0.717) is 5.56 Å². The van der Waals surface area contributed by atoms with Crippen LogP contribution in [0.15, 0.2) is 24.3 Å². The number of hydrogen-bond acceptors (Lipinski definition) is 2. The third-order valence-corrected chi connectivity index (χ3v) is 3.39. The van der Waals surface area contributed by atoms with E-state index in [-0.39, 0.29) is 12.2 Å². The molecule has 1 atom stereocenters. The fourth-order valence-electron chi connectivity index (χ4n) is 2.10. The van der Waals surface area contributed by atoms with Gasteiger partial charge in [-0.2, -0.15) is 0 Å². The first-order chi connectivity index (χ1) is 7.80. The van der Waals surface area contributed by atoms with Crippen LogP contribution in [0.2, 0.25) is 0 Å². The molecule has 1 saturated carbocycles. The van der Waals surface area contributed by atoms with Crippen LogP contribution in [0.4, 0.5) is 8.78 Å². The van der Waals surface area contributed by atoms with Gasteiger partial charge in [-0.25, -0.2) is 8.78 Å². The monoisotopic (exact) mass is 241 g/mol. The van der Waals surface area contributed by atoms with Crippen LogP contribution in [0.3, 0.4) is 0 Å². The van der Waals surface area contributed by atoms with Gasteiger partial charge in [-0.1, -0.05) is 12.1 Å². The number of alkyl halides is 2. The van der Waals surface area contributed by atoms with E-state index in [1.165, 1.54) is 12.1 Å². The Labute approximate surface area is 99.4 Å². The Morgan fingerprint density at radius 2 is 2.12 bits per heavy atom. The number of hydrogen-bond donors (Lipinski definition) is 2. The molecule has 94 valence electrons. The molecule has 2 rings (SSSR count). The molecule has 1 unspecified atom stereocenters. The molecule has 0 aliphatic heterocycles. The summed E-state index contributed by atoms with van der Waals surface area (Å²) >= 11 is 0. The molecule has 0 amide bonds. The Morgan fingerprint density at radius 3 is 2.59 bits per heavy atom. The van der Waals surface area contributed by atoms with E-state index < -0.39 is 17.4 Å². The van der Waals surface area contributed by atoms with Gasteiger partial charge in [0.05, 0.1) is 0 Å². The van der Waals surface area contributed by atoms with Crippen LogP contribution >= 0.6 is 0 Å². The second-order valence-electron chi connectivity index (χ2n) is 5.17. The van der Waals surface area contributed by atoms with Crippen molar-refractivity contribution in [2.45, 2.75) is 43.6 Å². The number of rotatable bonds is 4. The van der Waals surface area contributed by atoms with Gasteiger partial charge >= 0.3 is 0 Å². The van der Waals surface area contributed by atoms with Crippen LogP contribution < -0.4 is 5.73 Å². The maximum Gasteiger partial charge on any atom is 0.252 e. The van der Waals surface area contributed by atoms with E-state index in [2.05, 4.69) is 0 Å². The van der Waals surface area contributed by atoms with Gasteiger partial charge in [-0.15, -0.1) is 0 Å². The molecule has 0 saturated heterocycles. The van der Waals surface area contributed by atoms with Crippen LogP contribution in [-0.2, 0) is 0 Å². The topological polar surface area (TPSA) is 46.2 Å². The SMILES string of the molecule is CC(F)(F)C(CC1(N)CC1)c1cccc(O)c1. The fraction of sp³-hybridized carbons (Fsp3) is 0.538. The maximum absolute atomic E-state index is 13.6. The molecule has 1 aromatic carbocycles. The van der Waals surface area contributed by atoms with Gasteiger partial charge in [0.2, 0.25) is 0 Å². The molecule has 1 aromatic rings. The highest BCUT2D eigenvalue weighted by Gasteiger charge is 2.46. The maximum atomic E-state index is 13.6. The molecule has 17 heavy (non-hydrogen) atoms. The van der Waals surface area contributed by atoms with Crippen molar-refractivity contribution in [3.05, 3.63) is 29.8 Å². The lowest BCUT2D eigenvalue weighted by atomic mass is 9.86. The van der Waals surface area contributed by atoms with Gasteiger partial charge in [0, 0.05) is 11.5 Å². The highest BCUT2D eigenvalue weighted by Crippen LogP contribution is 2.46. The van der Waals surface area contributed by atoms with Crippen molar-refractivity contribution in [1.29, 1.82) is 0 Å². The first kappa shape index (κ1) is 12.3. The van der Waals surface area contributed by atoms with Crippen molar-refractivity contribution in [2.75, 3.05) is 0 Å². The number of nitrogens with two attached hydrogens (primary N) is 1. The highest BCUT2D eigenvalue weighted by molar-refractivity contribution is 5.31. The number of benzene rings is 1. The van der Waals surface area contributed by atoms with Crippen molar-refractivity contribution in [3.63, 3.8) is 0 Å². The van der Waals surface area contributed by atoms with Crippen molar-refractivity contribution in [1.82, 2.24) is 0 Å². The molecule has 1 fully saturated rings. The van der Waals surface area contributed by atoms with Gasteiger partial charge in [-0.3, -0.25) is 0 Å². The average molecular weight is 241 g/mol. The Kier molecular flexibility index (Phi) is 2.86. The van der Waals surface area contributed by atoms with E-state index in [1.54, 1.807) is 12.1 Å². The van der Waals surface area contributed by atoms with Crippen molar-refractivity contribution < 1.29 is 13.9 Å². The lowest BCUT2D eigenvalue weighted by Crippen LogP contribution is -2.32. The summed E-state index contributed by atoms with van der Waals surface area (Å²) in [6, 6.07) is 6.07. The zero-order chi connectivity index (χ0) is 12.7. The summed E-state index contributed by atoms with van der Waals surface area (Å²) in [7, 11) is 0. The zero-order valence-electron chi connectivity index (χ0n) is 9.79.